The Labute approximate surface area is 96.9 Å². The molecule has 1 N–H and O–H groups in total. The lowest BCUT2D eigenvalue weighted by Crippen LogP contribution is -2.10. The van der Waals surface area contributed by atoms with E-state index >= 15 is 0 Å². The number of methoxy groups -OCH3 is 1. The van der Waals surface area contributed by atoms with Crippen LogP contribution in [0, 0.1) is 18.2 Å². The summed E-state index contributed by atoms with van der Waals surface area (Å²) in [5.74, 6) is 2.73. The van der Waals surface area contributed by atoms with Crippen LogP contribution in [0.15, 0.2) is 12.1 Å². The Morgan fingerprint density at radius 3 is 2.69 bits per heavy atom. The minimum absolute atomic E-state index is 0.223. The van der Waals surface area contributed by atoms with Gasteiger partial charge in [0.15, 0.2) is 0 Å². The van der Waals surface area contributed by atoms with E-state index in [-0.39, 0.29) is 5.82 Å². The van der Waals surface area contributed by atoms with Gasteiger partial charge in [0, 0.05) is 11.4 Å². The normalized spacial score (nSPS) is 10.0. The van der Waals surface area contributed by atoms with Crippen molar-refractivity contribution in [2.45, 2.75) is 0 Å². The maximum Gasteiger partial charge on any atom is 0.144 e. The maximum absolute atomic E-state index is 13.7. The van der Waals surface area contributed by atoms with E-state index in [0.717, 1.165) is 11.0 Å². The van der Waals surface area contributed by atoms with Crippen molar-refractivity contribution in [1.82, 2.24) is 0 Å². The largest absolute Gasteiger partial charge is 0.494 e. The summed E-state index contributed by atoms with van der Waals surface area (Å²) in [6.07, 6.45) is 5.17. The van der Waals surface area contributed by atoms with Crippen molar-refractivity contribution in [3.63, 3.8) is 0 Å². The van der Waals surface area contributed by atoms with E-state index in [0.29, 0.717) is 12.3 Å². The third-order valence-corrected chi connectivity index (χ3v) is 3.44. The number of terminal acetylenes is 1. The fraction of sp³-hybridized carbons (Fsp3) is 0.333. The summed E-state index contributed by atoms with van der Waals surface area (Å²) in [4.78, 5) is 0. The number of anilines is 1. The minimum Gasteiger partial charge on any atom is -0.494 e. The molecule has 0 fully saturated rings. The number of nitrogens with one attached hydrogen (secondary N) is 1. The van der Waals surface area contributed by atoms with Crippen LogP contribution in [0.1, 0.15) is 0 Å². The first kappa shape index (κ1) is 12.8. The molecule has 1 aromatic rings. The predicted octanol–water partition coefficient (Wildman–Crippen LogP) is 2.25. The lowest BCUT2D eigenvalue weighted by Gasteiger charge is -2.14. The molecule has 0 amide bonds. The Kier molecular flexibility index (Phi) is 4.58. The molecular formula is C12H15FNOP. The zero-order valence-corrected chi connectivity index (χ0v) is 10.6. The molecule has 0 radical (unpaired) electrons. The quantitative estimate of drug-likeness (QED) is 0.642. The molecule has 4 heteroatoms. The van der Waals surface area contributed by atoms with Gasteiger partial charge in [-0.25, -0.2) is 4.39 Å². The molecule has 0 saturated heterocycles. The van der Waals surface area contributed by atoms with Crippen molar-refractivity contribution < 1.29 is 9.13 Å². The molecule has 0 atom stereocenters. The van der Waals surface area contributed by atoms with Gasteiger partial charge in [-0.05, 0) is 19.4 Å². The van der Waals surface area contributed by atoms with E-state index in [2.05, 4.69) is 11.2 Å². The molecule has 16 heavy (non-hydrogen) atoms. The smallest absolute Gasteiger partial charge is 0.144 e. The van der Waals surface area contributed by atoms with Gasteiger partial charge in [-0.15, -0.1) is 6.42 Å². The van der Waals surface area contributed by atoms with Crippen LogP contribution < -0.4 is 15.4 Å². The second-order valence-corrected chi connectivity index (χ2v) is 5.73. The molecule has 2 nitrogen and oxygen atoms in total. The van der Waals surface area contributed by atoms with Gasteiger partial charge in [0.25, 0.3) is 0 Å². The van der Waals surface area contributed by atoms with Crippen molar-refractivity contribution in [2.75, 3.05) is 32.3 Å². The molecule has 0 aliphatic heterocycles. The molecule has 0 heterocycles. The number of rotatable bonds is 4. The van der Waals surface area contributed by atoms with Gasteiger partial charge in [-0.3, -0.25) is 0 Å². The van der Waals surface area contributed by atoms with Crippen LogP contribution in [-0.4, -0.2) is 27.0 Å². The van der Waals surface area contributed by atoms with Gasteiger partial charge >= 0.3 is 0 Å². The molecule has 0 unspecified atom stereocenters. The maximum atomic E-state index is 13.7. The van der Waals surface area contributed by atoms with Crippen molar-refractivity contribution in [2.24, 2.45) is 0 Å². The van der Waals surface area contributed by atoms with E-state index in [1.807, 2.05) is 13.3 Å². The summed E-state index contributed by atoms with van der Waals surface area (Å²) < 4.78 is 18.8. The second-order valence-electron chi connectivity index (χ2n) is 3.46. The first-order chi connectivity index (χ1) is 7.60. The Bertz CT molecular complexity index is 412. The third-order valence-electron chi connectivity index (χ3n) is 2.13. The molecule has 0 aliphatic carbocycles. The SMILES string of the molecule is C#CCNc1cc(P(C)C)c(F)cc1OC. The van der Waals surface area contributed by atoms with E-state index < -0.39 is 7.92 Å². The fourth-order valence-electron chi connectivity index (χ4n) is 1.34. The highest BCUT2D eigenvalue weighted by atomic mass is 31.1. The topological polar surface area (TPSA) is 21.3 Å². The lowest BCUT2D eigenvalue weighted by atomic mass is 10.2. The Morgan fingerprint density at radius 2 is 2.19 bits per heavy atom. The summed E-state index contributed by atoms with van der Waals surface area (Å²) in [6, 6.07) is 3.17. The number of halogens is 1. The molecule has 0 aliphatic rings. The fourth-order valence-corrected chi connectivity index (χ4v) is 2.22. The van der Waals surface area contributed by atoms with E-state index in [4.69, 9.17) is 11.2 Å². The Balaban J connectivity index is 3.13. The van der Waals surface area contributed by atoms with Gasteiger partial charge in [-0.1, -0.05) is 13.8 Å². The van der Waals surface area contributed by atoms with Crippen LogP contribution in [-0.2, 0) is 0 Å². The van der Waals surface area contributed by atoms with Crippen LogP contribution in [0.4, 0.5) is 10.1 Å². The van der Waals surface area contributed by atoms with Crippen LogP contribution in [0.5, 0.6) is 5.75 Å². The molecule has 0 saturated carbocycles. The molecule has 86 valence electrons. The predicted molar refractivity (Wildman–Crippen MR) is 68.7 cm³/mol. The Hall–Kier alpha value is -1.26. The number of benzene rings is 1. The highest BCUT2D eigenvalue weighted by Gasteiger charge is 2.12. The summed E-state index contributed by atoms with van der Waals surface area (Å²) in [5.41, 5.74) is 0.744. The molecule has 1 aromatic carbocycles. The third kappa shape index (κ3) is 2.87. The van der Waals surface area contributed by atoms with E-state index in [1.165, 1.54) is 13.2 Å². The van der Waals surface area contributed by atoms with Gasteiger partial charge in [-0.2, -0.15) is 0 Å². The zero-order chi connectivity index (χ0) is 12.1. The summed E-state index contributed by atoms with van der Waals surface area (Å²) in [7, 11) is 1.02. The average molecular weight is 239 g/mol. The zero-order valence-electron chi connectivity index (χ0n) is 9.67. The van der Waals surface area contributed by atoms with Crippen LogP contribution in [0.25, 0.3) is 0 Å². The first-order valence-corrected chi connectivity index (χ1v) is 7.06. The van der Waals surface area contributed by atoms with Gasteiger partial charge in [0.1, 0.15) is 11.6 Å². The molecule has 1 rings (SSSR count). The Morgan fingerprint density at radius 1 is 1.50 bits per heavy atom. The standard InChI is InChI=1S/C12H15FNOP/c1-5-6-14-10-8-12(16(3)4)9(13)7-11(10)15-2/h1,7-8,14H,6H2,2-4H3. The van der Waals surface area contributed by atoms with Gasteiger partial charge in [0.2, 0.25) is 0 Å². The number of ether oxygens (including phenoxy) is 1. The second kappa shape index (κ2) is 5.72. The molecular weight excluding hydrogens is 224 g/mol. The number of hydrogen-bond donors (Lipinski definition) is 1. The van der Waals surface area contributed by atoms with Gasteiger partial charge in [0.05, 0.1) is 19.3 Å². The lowest BCUT2D eigenvalue weighted by molar-refractivity contribution is 0.413. The number of hydrogen-bond acceptors (Lipinski definition) is 2. The highest BCUT2D eigenvalue weighted by molar-refractivity contribution is 7.64. The van der Waals surface area contributed by atoms with E-state index in [1.54, 1.807) is 6.07 Å². The minimum atomic E-state index is -0.487. The van der Waals surface area contributed by atoms with Crippen molar-refractivity contribution >= 4 is 18.9 Å². The van der Waals surface area contributed by atoms with Gasteiger partial charge < -0.3 is 10.1 Å². The van der Waals surface area contributed by atoms with Crippen LogP contribution in [0.2, 0.25) is 0 Å². The van der Waals surface area contributed by atoms with Crippen LogP contribution in [0.3, 0.4) is 0 Å². The molecule has 0 spiro atoms. The van der Waals surface area contributed by atoms with E-state index in [9.17, 15) is 4.39 Å². The summed E-state index contributed by atoms with van der Waals surface area (Å²) in [6.45, 7) is 4.41. The van der Waals surface area contributed by atoms with Crippen molar-refractivity contribution in [3.05, 3.63) is 17.9 Å². The average Bonchev–Trinajstić information content (AvgIpc) is 2.26. The highest BCUT2D eigenvalue weighted by Crippen LogP contribution is 2.31. The molecule has 0 aromatic heterocycles. The molecule has 0 bridgehead atoms. The van der Waals surface area contributed by atoms with Crippen molar-refractivity contribution in [3.8, 4) is 18.1 Å². The summed E-state index contributed by atoms with van der Waals surface area (Å²) in [5, 5.41) is 3.74. The monoisotopic (exact) mass is 239 g/mol. The van der Waals surface area contributed by atoms with Crippen molar-refractivity contribution in [1.29, 1.82) is 0 Å². The first-order valence-electron chi connectivity index (χ1n) is 4.82. The van der Waals surface area contributed by atoms with Crippen LogP contribution >= 0.6 is 7.92 Å². The summed E-state index contributed by atoms with van der Waals surface area (Å²) >= 11 is 0.